The maximum Gasteiger partial charge on any atom is 0.311 e. The molecule has 22 heavy (non-hydrogen) atoms. The van der Waals surface area contributed by atoms with E-state index in [0.717, 1.165) is 12.8 Å². The predicted octanol–water partition coefficient (Wildman–Crippen LogP) is 2.02. The van der Waals surface area contributed by atoms with Crippen LogP contribution in [0.3, 0.4) is 0 Å². The van der Waals surface area contributed by atoms with Gasteiger partial charge in [-0.15, -0.1) is 11.3 Å². The third-order valence-electron chi connectivity index (χ3n) is 4.88. The molecule has 0 aliphatic carbocycles. The minimum atomic E-state index is -0.790. The second-order valence-corrected chi connectivity index (χ2v) is 7.22. The number of hydrogen-bond donors (Lipinski definition) is 1. The Bertz CT molecular complexity index is 544. The van der Waals surface area contributed by atoms with E-state index in [9.17, 15) is 14.7 Å². The number of amides is 1. The number of ether oxygens (including phenoxy) is 1. The van der Waals surface area contributed by atoms with E-state index < -0.39 is 11.4 Å². The molecule has 1 aromatic heterocycles. The van der Waals surface area contributed by atoms with E-state index in [1.807, 2.05) is 11.4 Å². The lowest BCUT2D eigenvalue weighted by molar-refractivity contribution is -0.157. The average molecular weight is 323 g/mol. The molecule has 5 nitrogen and oxygen atoms in total. The molecule has 2 saturated heterocycles. The number of carboxylic acid groups (broad SMARTS) is 1. The molecule has 1 N–H and O–H groups in total. The second-order valence-electron chi connectivity index (χ2n) is 6.19. The van der Waals surface area contributed by atoms with Crippen LogP contribution in [-0.2, 0) is 20.7 Å². The Kier molecular flexibility index (Phi) is 4.49. The molecule has 0 unspecified atom stereocenters. The predicted molar refractivity (Wildman–Crippen MR) is 82.8 cm³/mol. The highest BCUT2D eigenvalue weighted by atomic mass is 32.1. The van der Waals surface area contributed by atoms with Crippen LogP contribution in [0, 0.1) is 11.3 Å². The summed E-state index contributed by atoms with van der Waals surface area (Å²) < 4.78 is 5.42. The number of aliphatic carboxylic acids is 1. The first-order valence-electron chi connectivity index (χ1n) is 7.73. The van der Waals surface area contributed by atoms with E-state index >= 15 is 0 Å². The molecule has 2 atom stereocenters. The van der Waals surface area contributed by atoms with Gasteiger partial charge in [0.15, 0.2) is 0 Å². The third-order valence-corrected chi connectivity index (χ3v) is 5.82. The zero-order valence-corrected chi connectivity index (χ0v) is 13.3. The third kappa shape index (κ3) is 2.90. The van der Waals surface area contributed by atoms with E-state index in [1.165, 1.54) is 4.88 Å². The quantitative estimate of drug-likeness (QED) is 0.900. The molecule has 1 aromatic rings. The minimum Gasteiger partial charge on any atom is -0.481 e. The summed E-state index contributed by atoms with van der Waals surface area (Å²) in [6.07, 6.45) is 2.72. The summed E-state index contributed by atoms with van der Waals surface area (Å²) in [4.78, 5) is 27.1. The molecule has 0 aromatic carbocycles. The van der Waals surface area contributed by atoms with E-state index in [2.05, 4.69) is 6.07 Å². The van der Waals surface area contributed by atoms with Crippen molar-refractivity contribution in [2.75, 3.05) is 26.3 Å². The largest absolute Gasteiger partial charge is 0.481 e. The number of carbonyl (C=O) groups is 2. The smallest absolute Gasteiger partial charge is 0.311 e. The summed E-state index contributed by atoms with van der Waals surface area (Å²) in [6.45, 7) is 1.78. The first-order chi connectivity index (χ1) is 10.6. The maximum absolute atomic E-state index is 12.4. The van der Waals surface area contributed by atoms with Crippen molar-refractivity contribution >= 4 is 23.2 Å². The molecule has 6 heteroatoms. The number of fused-ring (bicyclic) bond motifs is 1. The summed E-state index contributed by atoms with van der Waals surface area (Å²) in [6, 6.07) is 4.10. The van der Waals surface area contributed by atoms with Gasteiger partial charge in [-0.2, -0.15) is 0 Å². The molecule has 0 radical (unpaired) electrons. The van der Waals surface area contributed by atoms with Gasteiger partial charge in [0.25, 0.3) is 0 Å². The zero-order valence-electron chi connectivity index (χ0n) is 12.5. The molecule has 0 bridgehead atoms. The van der Waals surface area contributed by atoms with E-state index in [1.54, 1.807) is 16.2 Å². The Morgan fingerprint density at radius 1 is 1.50 bits per heavy atom. The highest BCUT2D eigenvalue weighted by molar-refractivity contribution is 7.09. The van der Waals surface area contributed by atoms with Crippen LogP contribution >= 0.6 is 11.3 Å². The van der Waals surface area contributed by atoms with Crippen LogP contribution in [0.25, 0.3) is 0 Å². The Morgan fingerprint density at radius 3 is 3.05 bits per heavy atom. The highest BCUT2D eigenvalue weighted by Gasteiger charge is 2.54. The first kappa shape index (κ1) is 15.5. The lowest BCUT2D eigenvalue weighted by Crippen LogP contribution is -2.45. The molecule has 1 amide bonds. The van der Waals surface area contributed by atoms with Gasteiger partial charge < -0.3 is 14.7 Å². The second kappa shape index (κ2) is 6.38. The fraction of sp³-hybridized carbons (Fsp3) is 0.625. The van der Waals surface area contributed by atoms with Crippen molar-refractivity contribution in [1.82, 2.24) is 4.90 Å². The monoisotopic (exact) mass is 323 g/mol. The van der Waals surface area contributed by atoms with Crippen LogP contribution in [0.2, 0.25) is 0 Å². The van der Waals surface area contributed by atoms with Gasteiger partial charge in [-0.05, 0) is 30.7 Å². The number of carbonyl (C=O) groups excluding carboxylic acids is 1. The summed E-state index contributed by atoms with van der Waals surface area (Å²) in [5.74, 6) is -0.777. The Balaban J connectivity index is 1.56. The average Bonchev–Trinajstić information content (AvgIpc) is 3.14. The van der Waals surface area contributed by atoms with E-state index in [4.69, 9.17) is 4.74 Å². The van der Waals surface area contributed by atoms with Crippen molar-refractivity contribution < 1.29 is 19.4 Å². The normalized spacial score (nSPS) is 27.6. The van der Waals surface area contributed by atoms with Crippen LogP contribution in [-0.4, -0.2) is 48.2 Å². The topological polar surface area (TPSA) is 66.8 Å². The number of hydrogen-bond acceptors (Lipinski definition) is 4. The van der Waals surface area contributed by atoms with Gasteiger partial charge in [-0.25, -0.2) is 0 Å². The van der Waals surface area contributed by atoms with Crippen LogP contribution in [0.5, 0.6) is 0 Å². The van der Waals surface area contributed by atoms with Crippen molar-refractivity contribution in [2.45, 2.75) is 25.7 Å². The molecule has 120 valence electrons. The maximum atomic E-state index is 12.4. The number of rotatable bonds is 5. The van der Waals surface area contributed by atoms with Gasteiger partial charge in [-0.1, -0.05) is 6.07 Å². The molecule has 3 rings (SSSR count). The van der Waals surface area contributed by atoms with Crippen LogP contribution in [0.4, 0.5) is 0 Å². The fourth-order valence-electron chi connectivity index (χ4n) is 3.52. The Morgan fingerprint density at radius 2 is 2.36 bits per heavy atom. The lowest BCUT2D eigenvalue weighted by Gasteiger charge is -2.33. The summed E-state index contributed by atoms with van der Waals surface area (Å²) >= 11 is 1.71. The van der Waals surface area contributed by atoms with Crippen molar-refractivity contribution in [3.8, 4) is 0 Å². The molecule has 0 saturated carbocycles. The Hall–Kier alpha value is -1.40. The molecule has 2 aliphatic rings. The van der Waals surface area contributed by atoms with Gasteiger partial charge >= 0.3 is 5.97 Å². The molecular formula is C16H21NO4S. The van der Waals surface area contributed by atoms with Gasteiger partial charge in [-0.3, -0.25) is 9.59 Å². The number of thiophene rings is 1. The molecule has 3 heterocycles. The van der Waals surface area contributed by atoms with Gasteiger partial charge in [0, 0.05) is 36.9 Å². The van der Waals surface area contributed by atoms with Crippen LogP contribution in [0.15, 0.2) is 17.5 Å². The first-order valence-corrected chi connectivity index (χ1v) is 8.61. The number of likely N-dealkylation sites (tertiary alicyclic amines) is 1. The molecule has 2 aliphatic heterocycles. The fourth-order valence-corrected chi connectivity index (χ4v) is 4.27. The molecular weight excluding hydrogens is 302 g/mol. The zero-order chi connectivity index (χ0) is 15.6. The van der Waals surface area contributed by atoms with Gasteiger partial charge in [0.1, 0.15) is 0 Å². The van der Waals surface area contributed by atoms with Gasteiger partial charge in [0.05, 0.1) is 12.0 Å². The SMILES string of the molecule is O=C(CCCc1cccs1)N1C[C@H]2COCC[C@@]2(C(=O)O)C1. The van der Waals surface area contributed by atoms with Crippen molar-refractivity contribution in [3.63, 3.8) is 0 Å². The summed E-state index contributed by atoms with van der Waals surface area (Å²) in [7, 11) is 0. The van der Waals surface area contributed by atoms with Crippen molar-refractivity contribution in [1.29, 1.82) is 0 Å². The molecule has 0 spiro atoms. The van der Waals surface area contributed by atoms with E-state index in [0.29, 0.717) is 39.1 Å². The minimum absolute atomic E-state index is 0.0694. The number of carboxylic acids is 1. The van der Waals surface area contributed by atoms with Crippen molar-refractivity contribution in [2.24, 2.45) is 11.3 Å². The highest BCUT2D eigenvalue weighted by Crippen LogP contribution is 2.42. The van der Waals surface area contributed by atoms with Gasteiger partial charge in [0.2, 0.25) is 5.91 Å². The lowest BCUT2D eigenvalue weighted by atomic mass is 9.74. The number of nitrogens with zero attached hydrogens (tertiary/aromatic N) is 1. The summed E-state index contributed by atoms with van der Waals surface area (Å²) in [5.41, 5.74) is -0.790. The Labute approximate surface area is 133 Å². The number of aryl methyl sites for hydroxylation is 1. The van der Waals surface area contributed by atoms with Crippen LogP contribution < -0.4 is 0 Å². The summed E-state index contributed by atoms with van der Waals surface area (Å²) in [5, 5.41) is 11.6. The molecule has 2 fully saturated rings. The van der Waals surface area contributed by atoms with E-state index in [-0.39, 0.29) is 11.8 Å². The van der Waals surface area contributed by atoms with Crippen LogP contribution in [0.1, 0.15) is 24.1 Å². The van der Waals surface area contributed by atoms with Crippen molar-refractivity contribution in [3.05, 3.63) is 22.4 Å². The standard InChI is InChI=1S/C16H21NO4S/c18-14(5-1-3-13-4-2-8-22-13)17-9-12-10-21-7-6-16(12,11-17)15(19)20/h2,4,8,12H,1,3,5-7,9-11H2,(H,19,20)/t12-,16+/m0/s1.